The summed E-state index contributed by atoms with van der Waals surface area (Å²) in [5.41, 5.74) is 0. The van der Waals surface area contributed by atoms with Gasteiger partial charge in [0, 0.05) is 52.1 Å². The molecule has 0 aromatic carbocycles. The Bertz CT molecular complexity index is 544. The number of unbranched alkanes of at least 4 members (excludes halogenated alkanes) is 6. The maximum Gasteiger partial charge on any atom is 0.222 e. The number of carbonyl (C=O) groups is 2. The molecule has 2 amide bonds. The van der Waals surface area contributed by atoms with Gasteiger partial charge in [0.05, 0.1) is 12.2 Å². The van der Waals surface area contributed by atoms with Crippen molar-refractivity contribution in [3.8, 4) is 0 Å². The van der Waals surface area contributed by atoms with E-state index < -0.39 is 0 Å². The van der Waals surface area contributed by atoms with Crippen molar-refractivity contribution < 1.29 is 14.3 Å². The van der Waals surface area contributed by atoms with E-state index in [4.69, 9.17) is 4.74 Å². The molecule has 0 radical (unpaired) electrons. The van der Waals surface area contributed by atoms with E-state index in [1.165, 1.54) is 51.6 Å². The van der Waals surface area contributed by atoms with Crippen molar-refractivity contribution in [1.82, 2.24) is 14.7 Å². The first kappa shape index (κ1) is 27.1. The van der Waals surface area contributed by atoms with Gasteiger partial charge in [0.2, 0.25) is 11.8 Å². The molecule has 1 unspecified atom stereocenters. The molecule has 2 saturated heterocycles. The number of amides is 2. The molecule has 2 fully saturated rings. The zero-order valence-corrected chi connectivity index (χ0v) is 21.3. The minimum Gasteiger partial charge on any atom is -0.374 e. The van der Waals surface area contributed by atoms with Crippen molar-refractivity contribution in [2.24, 2.45) is 5.92 Å². The van der Waals surface area contributed by atoms with Crippen LogP contribution in [0.3, 0.4) is 0 Å². The van der Waals surface area contributed by atoms with Crippen LogP contribution >= 0.6 is 0 Å². The molecular weight excluding hydrogens is 402 g/mol. The Balaban J connectivity index is 1.41. The van der Waals surface area contributed by atoms with Crippen LogP contribution < -0.4 is 0 Å². The minimum atomic E-state index is 0.233. The maximum absolute atomic E-state index is 12.4. The van der Waals surface area contributed by atoms with Gasteiger partial charge in [-0.05, 0) is 45.6 Å². The molecule has 0 aliphatic carbocycles. The number of carbonyl (C=O) groups excluding carboxylic acids is 2. The number of hydrogen-bond acceptors (Lipinski definition) is 4. The van der Waals surface area contributed by atoms with Crippen LogP contribution in [0, 0.1) is 5.92 Å². The van der Waals surface area contributed by atoms with E-state index in [1.54, 1.807) is 0 Å². The molecule has 0 N–H and O–H groups in total. The van der Waals surface area contributed by atoms with E-state index in [9.17, 15) is 9.59 Å². The summed E-state index contributed by atoms with van der Waals surface area (Å²) in [6.45, 7) is 14.7. The molecule has 6 heteroatoms. The fourth-order valence-corrected chi connectivity index (χ4v) is 4.83. The van der Waals surface area contributed by atoms with E-state index in [0.717, 1.165) is 19.4 Å². The van der Waals surface area contributed by atoms with Gasteiger partial charge in [-0.1, -0.05) is 46.0 Å². The van der Waals surface area contributed by atoms with Crippen LogP contribution in [0.1, 0.15) is 91.9 Å². The first-order chi connectivity index (χ1) is 15.3. The summed E-state index contributed by atoms with van der Waals surface area (Å²) in [6, 6.07) is 0. The smallest absolute Gasteiger partial charge is 0.222 e. The van der Waals surface area contributed by atoms with Crippen molar-refractivity contribution in [1.29, 1.82) is 0 Å². The van der Waals surface area contributed by atoms with Crippen LogP contribution in [0.25, 0.3) is 0 Å². The molecule has 6 nitrogen and oxygen atoms in total. The van der Waals surface area contributed by atoms with Crippen LogP contribution in [0.4, 0.5) is 0 Å². The van der Waals surface area contributed by atoms with Crippen LogP contribution in [0.2, 0.25) is 0 Å². The molecule has 2 aliphatic heterocycles. The standard InChI is InChI=1S/C26H49N3O3/c1-22(2)20-26(31)29-18-16-28(17-19-29)25(30)12-10-8-6-5-7-9-11-14-27-15-13-24(21-27)32-23(3)4/h22-24H,5-21H2,1-4H3. The number of likely N-dealkylation sites (tertiary alicyclic amines) is 1. The van der Waals surface area contributed by atoms with Gasteiger partial charge in [-0.25, -0.2) is 0 Å². The van der Waals surface area contributed by atoms with Crippen molar-refractivity contribution in [2.45, 2.75) is 104 Å². The van der Waals surface area contributed by atoms with E-state index in [2.05, 4.69) is 32.6 Å². The second-order valence-corrected chi connectivity index (χ2v) is 10.5. The van der Waals surface area contributed by atoms with Gasteiger partial charge in [-0.15, -0.1) is 0 Å². The highest BCUT2D eigenvalue weighted by molar-refractivity contribution is 5.78. The monoisotopic (exact) mass is 451 g/mol. The fourth-order valence-electron chi connectivity index (χ4n) is 4.83. The van der Waals surface area contributed by atoms with Gasteiger partial charge >= 0.3 is 0 Å². The van der Waals surface area contributed by atoms with E-state index in [1.807, 2.05) is 9.80 Å². The van der Waals surface area contributed by atoms with Gasteiger partial charge in [-0.2, -0.15) is 0 Å². The number of nitrogens with zero attached hydrogens (tertiary/aromatic N) is 3. The van der Waals surface area contributed by atoms with Crippen molar-refractivity contribution in [3.05, 3.63) is 0 Å². The lowest BCUT2D eigenvalue weighted by atomic mass is 10.1. The molecule has 2 heterocycles. The third-order valence-electron chi connectivity index (χ3n) is 6.63. The molecule has 0 saturated carbocycles. The first-order valence-electron chi connectivity index (χ1n) is 13.3. The molecule has 2 rings (SSSR count). The number of ether oxygens (including phenoxy) is 1. The Morgan fingerprint density at radius 2 is 1.34 bits per heavy atom. The van der Waals surface area contributed by atoms with Crippen LogP contribution in [-0.4, -0.2) is 84.5 Å². The third-order valence-corrected chi connectivity index (χ3v) is 6.63. The lowest BCUT2D eigenvalue weighted by Crippen LogP contribution is -2.50. The molecule has 1 atom stereocenters. The highest BCUT2D eigenvalue weighted by Crippen LogP contribution is 2.16. The SMILES string of the molecule is CC(C)CC(=O)N1CCN(C(=O)CCCCCCCCCN2CCC(OC(C)C)C2)CC1. The topological polar surface area (TPSA) is 53.1 Å². The Kier molecular flexibility index (Phi) is 12.6. The summed E-state index contributed by atoms with van der Waals surface area (Å²) >= 11 is 0. The second-order valence-electron chi connectivity index (χ2n) is 10.5. The zero-order chi connectivity index (χ0) is 23.3. The fraction of sp³-hybridized carbons (Fsp3) is 0.923. The average molecular weight is 452 g/mol. The Labute approximate surface area is 197 Å². The predicted molar refractivity (Wildman–Crippen MR) is 131 cm³/mol. The van der Waals surface area contributed by atoms with Crippen molar-refractivity contribution in [3.63, 3.8) is 0 Å². The Hall–Kier alpha value is -1.14. The summed E-state index contributed by atoms with van der Waals surface area (Å²) in [7, 11) is 0. The summed E-state index contributed by atoms with van der Waals surface area (Å²) in [4.78, 5) is 31.0. The van der Waals surface area contributed by atoms with Gasteiger partial charge in [0.25, 0.3) is 0 Å². The van der Waals surface area contributed by atoms with Crippen molar-refractivity contribution in [2.75, 3.05) is 45.8 Å². The normalized spacial score (nSPS) is 20.0. The number of piperazine rings is 1. The van der Waals surface area contributed by atoms with E-state index in [0.29, 0.717) is 57.1 Å². The minimum absolute atomic E-state index is 0.233. The van der Waals surface area contributed by atoms with Gasteiger partial charge in [0.15, 0.2) is 0 Å². The predicted octanol–water partition coefficient (Wildman–Crippen LogP) is 4.32. The van der Waals surface area contributed by atoms with Gasteiger partial charge in [-0.3, -0.25) is 9.59 Å². The number of hydrogen-bond donors (Lipinski definition) is 0. The van der Waals surface area contributed by atoms with Crippen LogP contribution in [0.5, 0.6) is 0 Å². The molecule has 186 valence electrons. The van der Waals surface area contributed by atoms with E-state index >= 15 is 0 Å². The molecule has 2 aliphatic rings. The maximum atomic E-state index is 12.4. The zero-order valence-electron chi connectivity index (χ0n) is 21.3. The summed E-state index contributed by atoms with van der Waals surface area (Å²) in [6.07, 6.45) is 11.8. The highest BCUT2D eigenvalue weighted by Gasteiger charge is 2.24. The molecule has 0 bridgehead atoms. The highest BCUT2D eigenvalue weighted by atomic mass is 16.5. The second kappa shape index (κ2) is 14.9. The van der Waals surface area contributed by atoms with Gasteiger partial charge < -0.3 is 19.4 Å². The average Bonchev–Trinajstić information content (AvgIpc) is 3.18. The lowest BCUT2D eigenvalue weighted by Gasteiger charge is -2.35. The van der Waals surface area contributed by atoms with Gasteiger partial charge in [0.1, 0.15) is 0 Å². The Morgan fingerprint density at radius 1 is 0.781 bits per heavy atom. The quantitative estimate of drug-likeness (QED) is 0.369. The van der Waals surface area contributed by atoms with Crippen LogP contribution in [0.15, 0.2) is 0 Å². The van der Waals surface area contributed by atoms with Crippen molar-refractivity contribution >= 4 is 11.8 Å². The molecule has 0 spiro atoms. The first-order valence-corrected chi connectivity index (χ1v) is 13.3. The third kappa shape index (κ3) is 10.7. The van der Waals surface area contributed by atoms with E-state index in [-0.39, 0.29) is 11.8 Å². The Morgan fingerprint density at radius 3 is 1.94 bits per heavy atom. The molecular formula is C26H49N3O3. The summed E-state index contributed by atoms with van der Waals surface area (Å²) in [5, 5.41) is 0. The molecule has 0 aromatic heterocycles. The summed E-state index contributed by atoms with van der Waals surface area (Å²) in [5.74, 6) is 0.896. The van der Waals surface area contributed by atoms with Crippen LogP contribution in [-0.2, 0) is 14.3 Å². The lowest BCUT2D eigenvalue weighted by molar-refractivity contribution is -0.140. The number of rotatable bonds is 14. The molecule has 0 aromatic rings. The largest absolute Gasteiger partial charge is 0.374 e. The summed E-state index contributed by atoms with van der Waals surface area (Å²) < 4.78 is 5.92. The molecule has 32 heavy (non-hydrogen) atoms.